The molecule has 0 fully saturated rings. The number of amides is 1. The summed E-state index contributed by atoms with van der Waals surface area (Å²) in [7, 11) is 0. The Kier molecular flexibility index (Phi) is 4.95. The van der Waals surface area contributed by atoms with Crippen LogP contribution in [0.3, 0.4) is 0 Å². The predicted molar refractivity (Wildman–Crippen MR) is 92.8 cm³/mol. The molecule has 1 aromatic heterocycles. The van der Waals surface area contributed by atoms with Gasteiger partial charge in [-0.15, -0.1) is 0 Å². The van der Waals surface area contributed by atoms with E-state index in [0.717, 1.165) is 21.8 Å². The number of imidazole rings is 1. The van der Waals surface area contributed by atoms with Gasteiger partial charge in [0.2, 0.25) is 0 Å². The number of fused-ring (bicyclic) bond motifs is 1. The zero-order valence-corrected chi connectivity index (χ0v) is 13.6. The highest BCUT2D eigenvalue weighted by Gasteiger charge is 2.11. The van der Waals surface area contributed by atoms with Crippen molar-refractivity contribution in [3.8, 4) is 0 Å². The fourth-order valence-electron chi connectivity index (χ4n) is 1.95. The van der Waals surface area contributed by atoms with E-state index in [0.29, 0.717) is 5.02 Å². The molecule has 23 heavy (non-hydrogen) atoms. The largest absolute Gasteiger partial charge is 0.315 e. The minimum absolute atomic E-state index is 0.174. The Morgan fingerprint density at radius 1 is 1.26 bits per heavy atom. The van der Waals surface area contributed by atoms with Crippen LogP contribution in [0, 0.1) is 0 Å². The molecule has 0 radical (unpaired) electrons. The molecular weight excluding hydrogens is 332 g/mol. The topological polar surface area (TPSA) is 71.4 Å². The first-order valence-electron chi connectivity index (χ1n) is 6.91. The summed E-state index contributed by atoms with van der Waals surface area (Å²) < 4.78 is 0. The molecule has 3 rings (SSSR count). The van der Waals surface area contributed by atoms with Crippen molar-refractivity contribution in [3.63, 3.8) is 0 Å². The number of carbonyl (C=O) groups excluding carboxylic acids is 1. The maximum absolute atomic E-state index is 11.8. The number of hydrogen-bond donors (Lipinski definition) is 2. The molecule has 116 valence electrons. The first kappa shape index (κ1) is 15.6. The number of carbonyl (C=O) groups is 1. The minimum Gasteiger partial charge on any atom is -0.272 e. The van der Waals surface area contributed by atoms with Crippen LogP contribution in [0.2, 0.25) is 5.02 Å². The van der Waals surface area contributed by atoms with Gasteiger partial charge in [-0.05, 0) is 41.6 Å². The lowest BCUT2D eigenvalue weighted by atomic mass is 10.2. The summed E-state index contributed by atoms with van der Waals surface area (Å²) >= 11 is 7.19. The van der Waals surface area contributed by atoms with Gasteiger partial charge < -0.3 is 0 Å². The molecule has 0 spiro atoms. The van der Waals surface area contributed by atoms with Gasteiger partial charge in [-0.2, -0.15) is 5.10 Å². The second-order valence-corrected chi connectivity index (χ2v) is 6.18. The molecule has 0 unspecified atom stereocenters. The third-order valence-corrected chi connectivity index (χ3v) is 4.20. The van der Waals surface area contributed by atoms with Crippen molar-refractivity contribution in [2.24, 2.45) is 5.10 Å². The van der Waals surface area contributed by atoms with Crippen molar-refractivity contribution >= 4 is 46.5 Å². The van der Waals surface area contributed by atoms with Gasteiger partial charge in [-0.25, -0.2) is 15.4 Å². The highest BCUT2D eigenvalue weighted by atomic mass is 35.5. The first-order chi connectivity index (χ1) is 11.2. The Labute approximate surface area is 142 Å². The summed E-state index contributed by atoms with van der Waals surface area (Å²) in [5, 5.41) is 5.43. The van der Waals surface area contributed by atoms with Gasteiger partial charge in [0.25, 0.3) is 5.91 Å². The van der Waals surface area contributed by atoms with Crippen LogP contribution in [0.25, 0.3) is 11.0 Å². The lowest BCUT2D eigenvalue weighted by Gasteiger charge is -1.96. The Hall–Kier alpha value is -2.31. The molecule has 1 heterocycles. The van der Waals surface area contributed by atoms with Gasteiger partial charge in [-0.1, -0.05) is 35.9 Å². The highest BCUT2D eigenvalue weighted by Crippen LogP contribution is 2.14. The summed E-state index contributed by atoms with van der Waals surface area (Å²) in [5.74, 6) is 0.0913. The molecular formula is C16H14ClN4OS+. The summed E-state index contributed by atoms with van der Waals surface area (Å²) in [6.45, 7) is 0. The van der Waals surface area contributed by atoms with Crippen LogP contribution < -0.4 is 10.4 Å². The number of rotatable bonds is 5. The number of H-pyrrole nitrogens is 2. The number of nitrogens with zero attached hydrogens (tertiary/aromatic N) is 1. The molecule has 5 nitrogen and oxygen atoms in total. The van der Waals surface area contributed by atoms with E-state index in [1.807, 2.05) is 36.4 Å². The lowest BCUT2D eigenvalue weighted by molar-refractivity contribution is -0.396. The van der Waals surface area contributed by atoms with Crippen LogP contribution in [0.1, 0.15) is 5.56 Å². The standard InChI is InChI=1S/C16H13ClN4OS/c17-12-7-5-11(6-8-12)9-18-21-15(22)10-23-16-19-13-3-1-2-4-14(13)20-16/h1-9H,10H2,(H,19,20)(H,21,22)/p+1. The molecule has 0 bridgehead atoms. The maximum Gasteiger partial charge on any atom is 0.315 e. The summed E-state index contributed by atoms with van der Waals surface area (Å²) in [5.41, 5.74) is 5.39. The van der Waals surface area contributed by atoms with Crippen LogP contribution >= 0.6 is 23.4 Å². The van der Waals surface area contributed by atoms with Crippen LogP contribution in [0.5, 0.6) is 0 Å². The van der Waals surface area contributed by atoms with Gasteiger partial charge in [0, 0.05) is 5.02 Å². The van der Waals surface area contributed by atoms with E-state index in [9.17, 15) is 4.79 Å². The molecule has 2 aromatic carbocycles. The van der Waals surface area contributed by atoms with E-state index in [4.69, 9.17) is 11.6 Å². The Morgan fingerprint density at radius 2 is 2.04 bits per heavy atom. The minimum atomic E-state index is -0.174. The van der Waals surface area contributed by atoms with Gasteiger partial charge >= 0.3 is 5.16 Å². The van der Waals surface area contributed by atoms with Crippen molar-refractivity contribution in [1.82, 2.24) is 10.4 Å². The highest BCUT2D eigenvalue weighted by molar-refractivity contribution is 7.99. The number of hydrogen-bond acceptors (Lipinski definition) is 3. The molecule has 0 atom stereocenters. The quantitative estimate of drug-likeness (QED) is 0.424. The monoisotopic (exact) mass is 345 g/mol. The number of nitrogens with one attached hydrogen (secondary N) is 3. The van der Waals surface area contributed by atoms with E-state index < -0.39 is 0 Å². The molecule has 3 N–H and O–H groups in total. The normalized spacial score (nSPS) is 11.2. The second-order valence-electron chi connectivity index (χ2n) is 4.76. The third kappa shape index (κ3) is 4.34. The number of benzene rings is 2. The van der Waals surface area contributed by atoms with Crippen molar-refractivity contribution in [3.05, 3.63) is 59.1 Å². The van der Waals surface area contributed by atoms with E-state index >= 15 is 0 Å². The average Bonchev–Trinajstić information content (AvgIpc) is 2.98. The summed E-state index contributed by atoms with van der Waals surface area (Å²) in [6, 6.07) is 15.1. The summed E-state index contributed by atoms with van der Waals surface area (Å²) in [4.78, 5) is 18.2. The zero-order chi connectivity index (χ0) is 16.1. The fourth-order valence-corrected chi connectivity index (χ4v) is 2.78. The molecule has 1 amide bonds. The smallest absolute Gasteiger partial charge is 0.272 e. The molecule has 3 aromatic rings. The molecule has 0 saturated heterocycles. The molecule has 0 aliphatic carbocycles. The molecule has 0 aliphatic heterocycles. The SMILES string of the molecule is O=C(CSc1[nH]c2ccccc2[nH+]1)NN=Cc1ccc(Cl)cc1. The number of aromatic nitrogens is 2. The van der Waals surface area contributed by atoms with Gasteiger partial charge in [0.05, 0.1) is 12.0 Å². The van der Waals surface area contributed by atoms with E-state index in [1.165, 1.54) is 11.8 Å². The maximum atomic E-state index is 11.8. The lowest BCUT2D eigenvalue weighted by Crippen LogP contribution is -2.20. The number of hydrazone groups is 1. The number of aromatic amines is 2. The van der Waals surface area contributed by atoms with Crippen molar-refractivity contribution in [2.45, 2.75) is 5.16 Å². The van der Waals surface area contributed by atoms with Crippen LogP contribution in [0.15, 0.2) is 58.8 Å². The number of thioether (sulfide) groups is 1. The number of para-hydroxylation sites is 2. The van der Waals surface area contributed by atoms with E-state index in [2.05, 4.69) is 20.5 Å². The first-order valence-corrected chi connectivity index (χ1v) is 8.27. The number of halogens is 1. The zero-order valence-electron chi connectivity index (χ0n) is 12.0. The van der Waals surface area contributed by atoms with Crippen molar-refractivity contribution < 1.29 is 9.78 Å². The van der Waals surface area contributed by atoms with Crippen molar-refractivity contribution in [2.75, 3.05) is 5.75 Å². The molecule has 0 saturated carbocycles. The van der Waals surface area contributed by atoms with E-state index in [-0.39, 0.29) is 11.7 Å². The Balaban J connectivity index is 1.50. The molecule has 0 aliphatic rings. The van der Waals surface area contributed by atoms with Gasteiger partial charge in [0.15, 0.2) is 11.0 Å². The van der Waals surface area contributed by atoms with Crippen LogP contribution in [0.4, 0.5) is 0 Å². The Bertz CT molecular complexity index is 812. The average molecular weight is 346 g/mol. The predicted octanol–water partition coefficient (Wildman–Crippen LogP) is 2.88. The third-order valence-electron chi connectivity index (χ3n) is 3.04. The molecule has 7 heteroatoms. The van der Waals surface area contributed by atoms with Crippen LogP contribution in [-0.4, -0.2) is 22.9 Å². The fraction of sp³-hybridized carbons (Fsp3) is 0.0625. The van der Waals surface area contributed by atoms with Gasteiger partial charge in [-0.3, -0.25) is 4.79 Å². The van der Waals surface area contributed by atoms with E-state index in [1.54, 1.807) is 18.3 Å². The second kappa shape index (κ2) is 7.30. The van der Waals surface area contributed by atoms with Crippen LogP contribution in [-0.2, 0) is 4.79 Å². The van der Waals surface area contributed by atoms with Crippen molar-refractivity contribution in [1.29, 1.82) is 0 Å². The Morgan fingerprint density at radius 3 is 2.83 bits per heavy atom. The summed E-state index contributed by atoms with van der Waals surface area (Å²) in [6.07, 6.45) is 1.58. The van der Waals surface area contributed by atoms with Gasteiger partial charge in [0.1, 0.15) is 0 Å².